The van der Waals surface area contributed by atoms with Crippen LogP contribution in [0.1, 0.15) is 25.0 Å². The lowest BCUT2D eigenvalue weighted by molar-refractivity contribution is -0.0505. The van der Waals surface area contributed by atoms with E-state index in [4.69, 9.17) is 19.1 Å². The van der Waals surface area contributed by atoms with Crippen LogP contribution in [0.5, 0.6) is 11.5 Å². The molecule has 6 nitrogen and oxygen atoms in total. The number of rotatable bonds is 8. The van der Waals surface area contributed by atoms with Crippen LogP contribution in [0.3, 0.4) is 0 Å². The summed E-state index contributed by atoms with van der Waals surface area (Å²) in [5, 5.41) is 8.01. The first-order valence-corrected chi connectivity index (χ1v) is 7.76. The maximum absolute atomic E-state index is 5.14. The summed E-state index contributed by atoms with van der Waals surface area (Å²) in [6.07, 6.45) is 0. The van der Waals surface area contributed by atoms with E-state index in [1.165, 1.54) is 0 Å². The molecular weight excluding hydrogens is 320 g/mol. The van der Waals surface area contributed by atoms with Crippen LogP contribution >= 0.6 is 0 Å². The number of oxime groups is 2. The van der Waals surface area contributed by atoms with E-state index >= 15 is 0 Å². The zero-order valence-corrected chi connectivity index (χ0v) is 14.9. The van der Waals surface area contributed by atoms with Crippen LogP contribution in [0.2, 0.25) is 0 Å². The summed E-state index contributed by atoms with van der Waals surface area (Å²) >= 11 is 0. The summed E-state index contributed by atoms with van der Waals surface area (Å²) in [6, 6.07) is 15.1. The van der Waals surface area contributed by atoms with E-state index in [1.54, 1.807) is 14.2 Å². The Kier molecular flexibility index (Phi) is 6.83. The van der Waals surface area contributed by atoms with Gasteiger partial charge in [-0.1, -0.05) is 10.3 Å². The van der Waals surface area contributed by atoms with Crippen LogP contribution in [0.4, 0.5) is 0 Å². The Labute approximate surface area is 147 Å². The lowest BCUT2D eigenvalue weighted by Gasteiger charge is -2.05. The average molecular weight is 342 g/mol. The number of hydrogen-bond donors (Lipinski definition) is 0. The van der Waals surface area contributed by atoms with Crippen LogP contribution in [0.25, 0.3) is 0 Å². The van der Waals surface area contributed by atoms with Gasteiger partial charge < -0.3 is 19.1 Å². The molecule has 0 spiro atoms. The van der Waals surface area contributed by atoms with Crippen molar-refractivity contribution >= 4 is 11.4 Å². The molecule has 2 aromatic rings. The van der Waals surface area contributed by atoms with Crippen molar-refractivity contribution in [1.29, 1.82) is 0 Å². The Morgan fingerprint density at radius 2 is 1.04 bits per heavy atom. The van der Waals surface area contributed by atoms with E-state index in [1.807, 2.05) is 62.4 Å². The van der Waals surface area contributed by atoms with Crippen molar-refractivity contribution in [3.63, 3.8) is 0 Å². The minimum atomic E-state index is -0.0685. The summed E-state index contributed by atoms with van der Waals surface area (Å²) in [4.78, 5) is 10.3. The molecule has 0 aliphatic rings. The molecule has 0 fully saturated rings. The lowest BCUT2D eigenvalue weighted by atomic mass is 10.1. The van der Waals surface area contributed by atoms with Crippen molar-refractivity contribution in [2.24, 2.45) is 10.3 Å². The molecule has 0 saturated carbocycles. The van der Waals surface area contributed by atoms with E-state index < -0.39 is 0 Å². The van der Waals surface area contributed by atoms with E-state index in [-0.39, 0.29) is 6.79 Å². The van der Waals surface area contributed by atoms with E-state index in [2.05, 4.69) is 10.3 Å². The van der Waals surface area contributed by atoms with Crippen molar-refractivity contribution in [3.05, 3.63) is 59.7 Å². The Balaban J connectivity index is 1.82. The van der Waals surface area contributed by atoms with Gasteiger partial charge in [0, 0.05) is 0 Å². The first-order chi connectivity index (χ1) is 12.1. The number of hydrogen-bond acceptors (Lipinski definition) is 6. The number of nitrogens with zero attached hydrogens (tertiary/aromatic N) is 2. The van der Waals surface area contributed by atoms with Crippen LogP contribution in [-0.2, 0) is 9.68 Å². The molecule has 0 N–H and O–H groups in total. The largest absolute Gasteiger partial charge is 0.497 e. The Bertz CT molecular complexity index is 659. The quantitative estimate of drug-likeness (QED) is 0.316. The normalized spacial score (nSPS) is 11.8. The van der Waals surface area contributed by atoms with Gasteiger partial charge in [0.2, 0.25) is 0 Å². The fourth-order valence-electron chi connectivity index (χ4n) is 2.04. The highest BCUT2D eigenvalue weighted by molar-refractivity contribution is 5.98. The predicted octanol–water partition coefficient (Wildman–Crippen LogP) is 3.84. The third kappa shape index (κ3) is 5.53. The number of ether oxygens (including phenoxy) is 2. The van der Waals surface area contributed by atoms with Gasteiger partial charge in [-0.05, 0) is 73.5 Å². The molecule has 0 bridgehead atoms. The molecular formula is C19H22N2O4. The zero-order valence-electron chi connectivity index (χ0n) is 14.9. The summed E-state index contributed by atoms with van der Waals surface area (Å²) < 4.78 is 10.2. The van der Waals surface area contributed by atoms with Crippen LogP contribution in [0.15, 0.2) is 58.8 Å². The molecule has 0 aromatic heterocycles. The minimum Gasteiger partial charge on any atom is -0.497 e. The van der Waals surface area contributed by atoms with E-state index in [9.17, 15) is 0 Å². The van der Waals surface area contributed by atoms with Gasteiger partial charge in [0.15, 0.2) is 0 Å². The maximum atomic E-state index is 5.14. The maximum Gasteiger partial charge on any atom is 0.280 e. The van der Waals surface area contributed by atoms with Gasteiger partial charge in [-0.15, -0.1) is 0 Å². The van der Waals surface area contributed by atoms with E-state index in [0.717, 1.165) is 34.0 Å². The molecule has 0 atom stereocenters. The molecule has 132 valence electrons. The summed E-state index contributed by atoms with van der Waals surface area (Å²) in [5.74, 6) is 1.59. The first kappa shape index (κ1) is 18.3. The average Bonchev–Trinajstić information content (AvgIpc) is 2.67. The van der Waals surface area contributed by atoms with Crippen LogP contribution in [-0.4, -0.2) is 32.4 Å². The summed E-state index contributed by atoms with van der Waals surface area (Å²) in [7, 11) is 3.26. The monoisotopic (exact) mass is 342 g/mol. The lowest BCUT2D eigenvalue weighted by Crippen LogP contribution is -2.00. The molecule has 0 saturated heterocycles. The third-order valence-electron chi connectivity index (χ3n) is 3.52. The van der Waals surface area contributed by atoms with E-state index in [0.29, 0.717) is 0 Å². The highest BCUT2D eigenvalue weighted by Gasteiger charge is 2.00. The van der Waals surface area contributed by atoms with Crippen LogP contribution in [0, 0.1) is 0 Å². The smallest absolute Gasteiger partial charge is 0.280 e. The van der Waals surface area contributed by atoms with Gasteiger partial charge >= 0.3 is 0 Å². The van der Waals surface area contributed by atoms with Gasteiger partial charge in [-0.3, -0.25) is 0 Å². The second-order valence-corrected chi connectivity index (χ2v) is 5.19. The molecule has 0 aliphatic carbocycles. The van der Waals surface area contributed by atoms with Crippen molar-refractivity contribution in [3.8, 4) is 11.5 Å². The fraction of sp³-hybridized carbons (Fsp3) is 0.263. The van der Waals surface area contributed by atoms with Gasteiger partial charge in [-0.2, -0.15) is 0 Å². The molecule has 0 unspecified atom stereocenters. The zero-order chi connectivity index (χ0) is 18.1. The molecule has 2 aromatic carbocycles. The molecule has 25 heavy (non-hydrogen) atoms. The Hall–Kier alpha value is -3.02. The predicted molar refractivity (Wildman–Crippen MR) is 97.4 cm³/mol. The third-order valence-corrected chi connectivity index (χ3v) is 3.52. The topological polar surface area (TPSA) is 61.6 Å². The molecule has 0 radical (unpaired) electrons. The highest BCUT2D eigenvalue weighted by atomic mass is 16.8. The second kappa shape index (κ2) is 9.32. The SMILES string of the molecule is COc1ccc(/C(C)=N\OCO/N=C(\C)c2ccc(OC)cc2)cc1. The Morgan fingerprint density at radius 1 is 0.680 bits per heavy atom. The Morgan fingerprint density at radius 3 is 1.36 bits per heavy atom. The van der Waals surface area contributed by atoms with Crippen molar-refractivity contribution in [2.75, 3.05) is 21.0 Å². The molecule has 0 amide bonds. The van der Waals surface area contributed by atoms with Crippen LogP contribution < -0.4 is 9.47 Å². The summed E-state index contributed by atoms with van der Waals surface area (Å²) in [6.45, 7) is 3.64. The molecule has 0 heterocycles. The first-order valence-electron chi connectivity index (χ1n) is 7.76. The van der Waals surface area contributed by atoms with Crippen molar-refractivity contribution in [1.82, 2.24) is 0 Å². The number of methoxy groups -OCH3 is 2. The van der Waals surface area contributed by atoms with Crippen molar-refractivity contribution < 1.29 is 19.1 Å². The minimum absolute atomic E-state index is 0.0685. The number of benzene rings is 2. The molecule has 6 heteroatoms. The molecule has 2 rings (SSSR count). The van der Waals surface area contributed by atoms with Gasteiger partial charge in [0.1, 0.15) is 11.5 Å². The standard InChI is InChI=1S/C19H22N2O4/c1-14(16-5-9-18(22-3)10-6-16)20-24-13-25-21-15(2)17-7-11-19(23-4)12-8-17/h5-12H,13H2,1-4H3/b20-14-,21-15+. The van der Waals surface area contributed by atoms with Gasteiger partial charge in [-0.25, -0.2) is 0 Å². The van der Waals surface area contributed by atoms with Gasteiger partial charge in [0.25, 0.3) is 6.79 Å². The molecule has 0 aliphatic heterocycles. The fourth-order valence-corrected chi connectivity index (χ4v) is 2.04. The van der Waals surface area contributed by atoms with Gasteiger partial charge in [0.05, 0.1) is 25.6 Å². The second-order valence-electron chi connectivity index (χ2n) is 5.19. The highest BCUT2D eigenvalue weighted by Crippen LogP contribution is 2.13. The van der Waals surface area contributed by atoms with Crippen molar-refractivity contribution in [2.45, 2.75) is 13.8 Å². The summed E-state index contributed by atoms with van der Waals surface area (Å²) in [5.41, 5.74) is 3.36.